The third-order valence-corrected chi connectivity index (χ3v) is 2.77. The van der Waals surface area contributed by atoms with Gasteiger partial charge in [-0.3, -0.25) is 0 Å². The Morgan fingerprint density at radius 2 is 1.95 bits per heavy atom. The number of ether oxygens (including phenoxy) is 3. The van der Waals surface area contributed by atoms with Gasteiger partial charge in [0.25, 0.3) is 6.26 Å². The first kappa shape index (κ1) is 14.4. The summed E-state index contributed by atoms with van der Waals surface area (Å²) in [7, 11) is 1.43. The molecule has 0 N–H and O–H groups in total. The lowest BCUT2D eigenvalue weighted by Crippen LogP contribution is -2.07. The van der Waals surface area contributed by atoms with Crippen molar-refractivity contribution in [3.8, 4) is 17.8 Å². The van der Waals surface area contributed by atoms with Crippen LogP contribution in [0, 0.1) is 11.5 Å². The normalized spacial score (nSPS) is 9.52. The fraction of sp³-hybridized carbons (Fsp3) is 0.125. The highest BCUT2D eigenvalue weighted by molar-refractivity contribution is 5.92. The molecule has 0 atom stereocenters. The molecule has 0 radical (unpaired) electrons. The van der Waals surface area contributed by atoms with Crippen LogP contribution in [0.2, 0.25) is 0 Å². The lowest BCUT2D eigenvalue weighted by atomic mass is 10.2. The van der Waals surface area contributed by atoms with Gasteiger partial charge >= 0.3 is 5.97 Å². The van der Waals surface area contributed by atoms with Crippen molar-refractivity contribution in [2.24, 2.45) is 0 Å². The molecule has 0 aliphatic carbocycles. The van der Waals surface area contributed by atoms with Crippen LogP contribution in [-0.2, 0) is 11.3 Å². The number of hydrogen-bond donors (Lipinski definition) is 0. The monoisotopic (exact) mass is 283 g/mol. The lowest BCUT2D eigenvalue weighted by molar-refractivity contribution is 0.0469. The summed E-state index contributed by atoms with van der Waals surface area (Å²) in [6.45, 7) is 0.180. The van der Waals surface area contributed by atoms with Gasteiger partial charge in [-0.2, -0.15) is 0 Å². The molecule has 0 amide bonds. The molecule has 0 aliphatic rings. The van der Waals surface area contributed by atoms with E-state index in [1.165, 1.54) is 25.3 Å². The highest BCUT2D eigenvalue weighted by atomic mass is 16.5. The molecule has 5 nitrogen and oxygen atoms in total. The summed E-state index contributed by atoms with van der Waals surface area (Å²) >= 11 is 0. The quantitative estimate of drug-likeness (QED) is 0.623. The van der Waals surface area contributed by atoms with Crippen LogP contribution in [0.1, 0.15) is 15.9 Å². The predicted molar refractivity (Wildman–Crippen MR) is 74.8 cm³/mol. The van der Waals surface area contributed by atoms with Gasteiger partial charge in [0.1, 0.15) is 23.7 Å². The van der Waals surface area contributed by atoms with Crippen molar-refractivity contribution in [2.45, 2.75) is 6.61 Å². The Labute approximate surface area is 122 Å². The van der Waals surface area contributed by atoms with Crippen LogP contribution < -0.4 is 9.47 Å². The van der Waals surface area contributed by atoms with Crippen LogP contribution in [0.15, 0.2) is 48.5 Å². The Morgan fingerprint density at radius 3 is 2.62 bits per heavy atom. The molecule has 0 aromatic heterocycles. The van der Waals surface area contributed by atoms with E-state index in [0.717, 1.165) is 5.56 Å². The number of esters is 1. The van der Waals surface area contributed by atoms with E-state index >= 15 is 0 Å². The van der Waals surface area contributed by atoms with E-state index in [1.807, 2.05) is 30.3 Å². The van der Waals surface area contributed by atoms with Crippen LogP contribution in [0.3, 0.4) is 0 Å². The van der Waals surface area contributed by atoms with Crippen LogP contribution in [0.4, 0.5) is 0 Å². The number of carbonyl (C=O) groups excluding carboxylic acids is 1. The molecule has 0 unspecified atom stereocenters. The fourth-order valence-electron chi connectivity index (χ4n) is 1.76. The molecular weight excluding hydrogens is 270 g/mol. The third kappa shape index (κ3) is 3.74. The van der Waals surface area contributed by atoms with Crippen molar-refractivity contribution in [1.82, 2.24) is 0 Å². The highest BCUT2D eigenvalue weighted by Crippen LogP contribution is 2.25. The average Bonchev–Trinajstić information content (AvgIpc) is 2.53. The summed E-state index contributed by atoms with van der Waals surface area (Å²) in [6, 6.07) is 13.8. The van der Waals surface area contributed by atoms with Crippen molar-refractivity contribution < 1.29 is 19.0 Å². The van der Waals surface area contributed by atoms with Gasteiger partial charge < -0.3 is 14.2 Å². The Bertz CT molecular complexity index is 662. The minimum absolute atomic E-state index is 0.180. The zero-order valence-electron chi connectivity index (χ0n) is 11.4. The van der Waals surface area contributed by atoms with Gasteiger partial charge in [0.15, 0.2) is 0 Å². The first-order valence-electron chi connectivity index (χ1n) is 6.19. The van der Waals surface area contributed by atoms with Crippen molar-refractivity contribution in [3.05, 3.63) is 59.7 Å². The molecule has 0 bridgehead atoms. The van der Waals surface area contributed by atoms with Gasteiger partial charge in [-0.15, -0.1) is 5.26 Å². The number of nitriles is 1. The summed E-state index contributed by atoms with van der Waals surface area (Å²) in [4.78, 5) is 12.1. The van der Waals surface area contributed by atoms with E-state index in [-0.39, 0.29) is 12.2 Å². The second-order valence-corrected chi connectivity index (χ2v) is 4.12. The average molecular weight is 283 g/mol. The van der Waals surface area contributed by atoms with E-state index in [0.29, 0.717) is 11.5 Å². The van der Waals surface area contributed by atoms with E-state index in [2.05, 4.69) is 4.74 Å². The molecule has 21 heavy (non-hydrogen) atoms. The van der Waals surface area contributed by atoms with E-state index < -0.39 is 5.97 Å². The van der Waals surface area contributed by atoms with Gasteiger partial charge in [-0.25, -0.2) is 4.79 Å². The second-order valence-electron chi connectivity index (χ2n) is 4.12. The SMILES string of the molecule is COc1cc(OC#N)ccc1C(=O)OCc1ccccc1. The molecule has 0 heterocycles. The first-order chi connectivity index (χ1) is 10.2. The van der Waals surface area contributed by atoms with E-state index in [9.17, 15) is 4.79 Å². The van der Waals surface area contributed by atoms with Crippen molar-refractivity contribution in [2.75, 3.05) is 7.11 Å². The van der Waals surface area contributed by atoms with Gasteiger partial charge in [0.2, 0.25) is 0 Å². The smallest absolute Gasteiger partial charge is 0.342 e. The molecule has 0 fully saturated rings. The Balaban J connectivity index is 2.10. The van der Waals surface area contributed by atoms with Gasteiger partial charge in [-0.05, 0) is 17.7 Å². The minimum Gasteiger partial charge on any atom is -0.496 e. The number of nitrogens with zero attached hydrogens (tertiary/aromatic N) is 1. The Morgan fingerprint density at radius 1 is 1.19 bits per heavy atom. The van der Waals surface area contributed by atoms with Gasteiger partial charge in [-0.1, -0.05) is 30.3 Å². The molecule has 2 rings (SSSR count). The maximum absolute atomic E-state index is 12.1. The molecule has 106 valence electrons. The second kappa shape index (κ2) is 6.96. The number of rotatable bonds is 5. The molecule has 0 saturated carbocycles. The summed E-state index contributed by atoms with van der Waals surface area (Å²) in [5.41, 5.74) is 1.17. The number of hydrogen-bond acceptors (Lipinski definition) is 5. The topological polar surface area (TPSA) is 68.5 Å². The van der Waals surface area contributed by atoms with Crippen LogP contribution in [0.5, 0.6) is 11.5 Å². The zero-order chi connectivity index (χ0) is 15.1. The molecule has 5 heteroatoms. The lowest BCUT2D eigenvalue weighted by Gasteiger charge is -2.09. The van der Waals surface area contributed by atoms with Crippen LogP contribution in [0.25, 0.3) is 0 Å². The van der Waals surface area contributed by atoms with E-state index in [1.54, 1.807) is 6.26 Å². The van der Waals surface area contributed by atoms with Crippen LogP contribution >= 0.6 is 0 Å². The molecule has 2 aromatic rings. The van der Waals surface area contributed by atoms with E-state index in [4.69, 9.17) is 14.7 Å². The van der Waals surface area contributed by atoms with Crippen molar-refractivity contribution >= 4 is 5.97 Å². The van der Waals surface area contributed by atoms with Crippen molar-refractivity contribution in [1.29, 1.82) is 5.26 Å². The number of benzene rings is 2. The maximum Gasteiger partial charge on any atom is 0.342 e. The summed E-state index contributed by atoms with van der Waals surface area (Å²) in [5.74, 6) is 0.0916. The first-order valence-corrected chi connectivity index (χ1v) is 6.19. The minimum atomic E-state index is -0.501. The molecule has 0 saturated heterocycles. The summed E-state index contributed by atoms with van der Waals surface area (Å²) in [5, 5.41) is 8.47. The van der Waals surface area contributed by atoms with Crippen molar-refractivity contribution in [3.63, 3.8) is 0 Å². The Hall–Kier alpha value is -3.00. The number of carbonyl (C=O) groups is 1. The standard InChI is InChI=1S/C16H13NO4/c1-19-15-9-13(21-11-17)7-8-14(15)16(18)20-10-12-5-3-2-4-6-12/h2-9H,10H2,1H3. The van der Waals surface area contributed by atoms with Crippen LogP contribution in [-0.4, -0.2) is 13.1 Å². The third-order valence-electron chi connectivity index (χ3n) is 2.77. The number of methoxy groups -OCH3 is 1. The Kier molecular flexibility index (Phi) is 4.78. The zero-order valence-corrected chi connectivity index (χ0v) is 11.4. The van der Waals surface area contributed by atoms with Gasteiger partial charge in [0.05, 0.1) is 7.11 Å². The fourth-order valence-corrected chi connectivity index (χ4v) is 1.76. The highest BCUT2D eigenvalue weighted by Gasteiger charge is 2.15. The van der Waals surface area contributed by atoms with Gasteiger partial charge in [0, 0.05) is 6.07 Å². The molecule has 2 aromatic carbocycles. The predicted octanol–water partition coefficient (Wildman–Crippen LogP) is 2.91. The maximum atomic E-state index is 12.1. The molecule has 0 spiro atoms. The summed E-state index contributed by atoms with van der Waals surface area (Å²) < 4.78 is 15.0. The molecule has 0 aliphatic heterocycles. The molecular formula is C16H13NO4. The summed E-state index contributed by atoms with van der Waals surface area (Å²) in [6.07, 6.45) is 1.56. The largest absolute Gasteiger partial charge is 0.496 e.